The van der Waals surface area contributed by atoms with Crippen molar-refractivity contribution >= 4 is 17.4 Å². The lowest BCUT2D eigenvalue weighted by Crippen LogP contribution is -2.29. The molecule has 1 amide bonds. The minimum atomic E-state index is -0.757. The molecule has 3 heterocycles. The zero-order valence-electron chi connectivity index (χ0n) is 17.1. The van der Waals surface area contributed by atoms with Crippen molar-refractivity contribution in [2.45, 2.75) is 19.5 Å². The number of hydrogen-bond donors (Lipinski definition) is 1. The molecule has 0 bridgehead atoms. The number of methoxy groups -OCH3 is 1. The fourth-order valence-electron chi connectivity index (χ4n) is 3.78. The normalized spacial score (nSPS) is 17.7. The van der Waals surface area contributed by atoms with E-state index in [9.17, 15) is 14.7 Å². The number of hydrogen-bond acceptors (Lipinski definition) is 6. The van der Waals surface area contributed by atoms with Crippen LogP contribution >= 0.6 is 0 Å². The van der Waals surface area contributed by atoms with Crippen LogP contribution in [0.4, 0.5) is 0 Å². The van der Waals surface area contributed by atoms with Gasteiger partial charge in [0, 0.05) is 24.2 Å². The lowest BCUT2D eigenvalue weighted by atomic mass is 9.95. The lowest BCUT2D eigenvalue weighted by molar-refractivity contribution is -0.140. The Hall–Kier alpha value is -4.00. The summed E-state index contributed by atoms with van der Waals surface area (Å²) in [5.74, 6) is -0.977. The van der Waals surface area contributed by atoms with Gasteiger partial charge in [-0.3, -0.25) is 19.6 Å². The van der Waals surface area contributed by atoms with Crippen molar-refractivity contribution in [3.8, 4) is 5.75 Å². The maximum Gasteiger partial charge on any atom is 0.296 e. The number of aromatic nitrogens is 2. The number of aliphatic hydroxyl groups excluding tert-OH is 1. The van der Waals surface area contributed by atoms with Gasteiger partial charge in [0.2, 0.25) is 0 Å². The molecule has 1 aliphatic rings. The maximum atomic E-state index is 13.0. The smallest absolute Gasteiger partial charge is 0.296 e. The van der Waals surface area contributed by atoms with Crippen molar-refractivity contribution in [2.75, 3.05) is 7.11 Å². The molecule has 0 aliphatic carbocycles. The summed E-state index contributed by atoms with van der Waals surface area (Å²) in [5, 5.41) is 11.1. The highest BCUT2D eigenvalue weighted by molar-refractivity contribution is 6.46. The Labute approximate surface area is 179 Å². The molecule has 0 spiro atoms. The zero-order valence-corrected chi connectivity index (χ0v) is 17.1. The summed E-state index contributed by atoms with van der Waals surface area (Å²) in [5.41, 5.74) is 2.60. The quantitative estimate of drug-likeness (QED) is 0.390. The van der Waals surface area contributed by atoms with E-state index in [1.807, 2.05) is 13.0 Å². The van der Waals surface area contributed by atoms with E-state index in [0.29, 0.717) is 22.6 Å². The number of carbonyl (C=O) groups is 2. The summed E-state index contributed by atoms with van der Waals surface area (Å²) in [7, 11) is 1.56. The Kier molecular flexibility index (Phi) is 5.49. The van der Waals surface area contributed by atoms with Crippen molar-refractivity contribution in [2.24, 2.45) is 0 Å². The Morgan fingerprint density at radius 3 is 2.52 bits per heavy atom. The molecule has 1 aromatic carbocycles. The van der Waals surface area contributed by atoms with Gasteiger partial charge in [-0.05, 0) is 60.5 Å². The van der Waals surface area contributed by atoms with Crippen molar-refractivity contribution in [1.82, 2.24) is 14.9 Å². The summed E-state index contributed by atoms with van der Waals surface area (Å²) in [6, 6.07) is 13.2. The van der Waals surface area contributed by atoms with E-state index in [0.717, 1.165) is 5.56 Å². The number of amides is 1. The van der Waals surface area contributed by atoms with Gasteiger partial charge < -0.3 is 14.7 Å². The van der Waals surface area contributed by atoms with Gasteiger partial charge in [0.1, 0.15) is 11.5 Å². The van der Waals surface area contributed by atoms with Gasteiger partial charge in [-0.15, -0.1) is 0 Å². The Balaban J connectivity index is 1.85. The van der Waals surface area contributed by atoms with Gasteiger partial charge >= 0.3 is 0 Å². The highest BCUT2D eigenvalue weighted by Gasteiger charge is 2.46. The molecule has 1 fully saturated rings. The summed E-state index contributed by atoms with van der Waals surface area (Å²) in [4.78, 5) is 35.8. The van der Waals surface area contributed by atoms with E-state index in [4.69, 9.17) is 4.74 Å². The summed E-state index contributed by atoms with van der Waals surface area (Å²) in [6.07, 6.45) is 4.81. The van der Waals surface area contributed by atoms with E-state index in [-0.39, 0.29) is 17.9 Å². The molecule has 7 heteroatoms. The van der Waals surface area contributed by atoms with Crippen LogP contribution in [-0.2, 0) is 16.1 Å². The molecular weight excluding hydrogens is 394 g/mol. The van der Waals surface area contributed by atoms with Crippen LogP contribution in [0.15, 0.2) is 72.7 Å². The monoisotopic (exact) mass is 415 g/mol. The van der Waals surface area contributed by atoms with Crippen molar-refractivity contribution in [3.63, 3.8) is 0 Å². The molecule has 1 aliphatic heterocycles. The first-order chi connectivity index (χ1) is 15.0. The number of carbonyl (C=O) groups excluding carboxylic acids is 2. The molecule has 1 atom stereocenters. The Bertz CT molecular complexity index is 1160. The third-order valence-electron chi connectivity index (χ3n) is 5.29. The van der Waals surface area contributed by atoms with E-state index in [1.165, 1.54) is 4.90 Å². The Morgan fingerprint density at radius 2 is 1.87 bits per heavy atom. The third kappa shape index (κ3) is 3.77. The van der Waals surface area contributed by atoms with Gasteiger partial charge in [0.15, 0.2) is 0 Å². The number of ketones is 1. The van der Waals surface area contributed by atoms with Crippen LogP contribution in [0.25, 0.3) is 5.76 Å². The fourth-order valence-corrected chi connectivity index (χ4v) is 3.78. The first-order valence-electron chi connectivity index (χ1n) is 9.74. The minimum absolute atomic E-state index is 0.0386. The van der Waals surface area contributed by atoms with Crippen LogP contribution in [0.1, 0.15) is 28.4 Å². The number of aliphatic hydroxyl groups is 1. The summed E-state index contributed by atoms with van der Waals surface area (Å²) in [6.45, 7) is 1.98. The second-order valence-corrected chi connectivity index (χ2v) is 7.21. The van der Waals surface area contributed by atoms with E-state index in [1.54, 1.807) is 68.2 Å². The largest absolute Gasteiger partial charge is 0.507 e. The van der Waals surface area contributed by atoms with Crippen LogP contribution in [0.2, 0.25) is 0 Å². The zero-order chi connectivity index (χ0) is 22.0. The Morgan fingerprint density at radius 1 is 1.10 bits per heavy atom. The minimum Gasteiger partial charge on any atom is -0.507 e. The third-order valence-corrected chi connectivity index (χ3v) is 5.29. The fraction of sp³-hybridized carbons (Fsp3) is 0.167. The molecule has 156 valence electrons. The predicted octanol–water partition coefficient (Wildman–Crippen LogP) is 3.42. The molecule has 31 heavy (non-hydrogen) atoms. The first-order valence-corrected chi connectivity index (χ1v) is 9.74. The van der Waals surface area contributed by atoms with Crippen LogP contribution in [0, 0.1) is 6.92 Å². The molecule has 0 saturated carbocycles. The molecule has 1 N–H and O–H groups in total. The van der Waals surface area contributed by atoms with Crippen LogP contribution in [0.3, 0.4) is 0 Å². The van der Waals surface area contributed by atoms with Crippen LogP contribution in [-0.4, -0.2) is 38.8 Å². The molecule has 4 rings (SSSR count). The standard InChI is InChI=1S/C24H21N3O4/c1-15-13-17(6-7-19(15)31-2)22(28)20-21(16-8-11-25-12-9-16)27(24(30)23(20)29)14-18-5-3-4-10-26-18/h3-13,21,28H,14H2,1-2H3/b22-20-. The van der Waals surface area contributed by atoms with Gasteiger partial charge in [0.25, 0.3) is 11.7 Å². The van der Waals surface area contributed by atoms with Gasteiger partial charge in [-0.1, -0.05) is 6.07 Å². The van der Waals surface area contributed by atoms with Crippen molar-refractivity contribution in [1.29, 1.82) is 0 Å². The molecule has 0 radical (unpaired) electrons. The molecule has 1 unspecified atom stereocenters. The number of ether oxygens (including phenoxy) is 1. The second kappa shape index (κ2) is 8.39. The first kappa shape index (κ1) is 20.3. The molecule has 2 aromatic heterocycles. The summed E-state index contributed by atoms with van der Waals surface area (Å²) < 4.78 is 5.28. The number of pyridine rings is 2. The van der Waals surface area contributed by atoms with Crippen LogP contribution in [0.5, 0.6) is 5.75 Å². The highest BCUT2D eigenvalue weighted by atomic mass is 16.5. The highest BCUT2D eigenvalue weighted by Crippen LogP contribution is 2.40. The molecule has 7 nitrogen and oxygen atoms in total. The van der Waals surface area contributed by atoms with Gasteiger partial charge in [-0.25, -0.2) is 0 Å². The molecule has 3 aromatic rings. The number of benzene rings is 1. The van der Waals surface area contributed by atoms with Gasteiger partial charge in [0.05, 0.1) is 31.0 Å². The van der Waals surface area contributed by atoms with E-state index < -0.39 is 17.7 Å². The number of likely N-dealkylation sites (tertiary alicyclic amines) is 1. The average Bonchev–Trinajstić information content (AvgIpc) is 3.04. The number of rotatable bonds is 5. The van der Waals surface area contributed by atoms with Crippen LogP contribution < -0.4 is 4.74 Å². The number of nitrogens with zero attached hydrogens (tertiary/aromatic N) is 3. The lowest BCUT2D eigenvalue weighted by Gasteiger charge is -2.25. The van der Waals surface area contributed by atoms with Gasteiger partial charge in [-0.2, -0.15) is 0 Å². The number of aryl methyl sites for hydroxylation is 1. The van der Waals surface area contributed by atoms with E-state index >= 15 is 0 Å². The average molecular weight is 415 g/mol. The topological polar surface area (TPSA) is 92.6 Å². The van der Waals surface area contributed by atoms with E-state index in [2.05, 4.69) is 9.97 Å². The van der Waals surface area contributed by atoms with Crippen molar-refractivity contribution < 1.29 is 19.4 Å². The van der Waals surface area contributed by atoms with Crippen molar-refractivity contribution in [3.05, 3.63) is 95.1 Å². The number of Topliss-reactive ketones (excluding diaryl/α,β-unsaturated/α-hetero) is 1. The summed E-state index contributed by atoms with van der Waals surface area (Å²) >= 11 is 0. The predicted molar refractivity (Wildman–Crippen MR) is 114 cm³/mol. The maximum absolute atomic E-state index is 13.0. The molecular formula is C24H21N3O4. The second-order valence-electron chi connectivity index (χ2n) is 7.21. The SMILES string of the molecule is COc1ccc(/C(O)=C2/C(=O)C(=O)N(Cc3ccccn3)C2c2ccncc2)cc1C. The molecule has 1 saturated heterocycles.